The molecule has 0 spiro atoms. The number of likely N-dealkylation sites (N-methyl/N-ethyl adjacent to an activating group) is 1. The number of nitrogens with zero attached hydrogens (tertiary/aromatic N) is 1. The van der Waals surface area contributed by atoms with Gasteiger partial charge in [0.05, 0.1) is 34.4 Å². The number of rotatable bonds is 39. The molecule has 0 fully saturated rings. The molecular weight excluding hydrogens is 715 g/mol. The highest BCUT2D eigenvalue weighted by Crippen LogP contribution is 2.14. The first-order chi connectivity index (χ1) is 27.6. The van der Waals surface area contributed by atoms with Gasteiger partial charge in [-0.3, -0.25) is 9.59 Å². The third-order valence-electron chi connectivity index (χ3n) is 9.62. The van der Waals surface area contributed by atoms with E-state index in [1.54, 1.807) is 0 Å². The highest BCUT2D eigenvalue weighted by atomic mass is 16.6. The minimum absolute atomic E-state index is 0.0483. The standard InChI is InChI=1S/C49H83NO7/c1-6-8-10-12-14-16-18-19-20-21-22-23-24-25-26-27-28-30-31-33-35-37-39-47(51)56-44-45(43-55-42-41-46(49(53)54)50(3,4)5)57-48(52)40-38-36-34-32-29-17-15-13-11-9-7-2/h8,10,14,16,19-20,22-23,25-26,28,30,45-46H,6-7,9,11-13,15,17-18,21,24,27,29,31-44H2,1-5H3/p+1/b10-8+,16-14+,20-19+,23-22+,26-25+,30-28+. The molecule has 0 aromatic carbocycles. The summed E-state index contributed by atoms with van der Waals surface area (Å²) in [5, 5.41) is 9.61. The first kappa shape index (κ1) is 53.8. The van der Waals surface area contributed by atoms with Crippen molar-refractivity contribution in [2.24, 2.45) is 0 Å². The lowest BCUT2D eigenvalue weighted by molar-refractivity contribution is -0.887. The molecule has 8 heteroatoms. The maximum atomic E-state index is 12.7. The Hall–Kier alpha value is -3.23. The van der Waals surface area contributed by atoms with E-state index in [1.165, 1.54) is 51.4 Å². The Bertz CT molecular complexity index is 1160. The Morgan fingerprint density at radius 3 is 1.46 bits per heavy atom. The van der Waals surface area contributed by atoms with Crippen LogP contribution in [0.25, 0.3) is 0 Å². The molecule has 0 aliphatic heterocycles. The fourth-order valence-corrected chi connectivity index (χ4v) is 6.15. The maximum Gasteiger partial charge on any atom is 0.362 e. The second kappa shape index (κ2) is 39.6. The van der Waals surface area contributed by atoms with E-state index in [1.807, 2.05) is 21.1 Å². The van der Waals surface area contributed by atoms with Crippen molar-refractivity contribution < 1.29 is 38.2 Å². The van der Waals surface area contributed by atoms with E-state index in [0.29, 0.717) is 19.3 Å². The van der Waals surface area contributed by atoms with Crippen molar-refractivity contribution in [1.82, 2.24) is 0 Å². The molecule has 0 aliphatic rings. The number of carboxylic acids is 1. The summed E-state index contributed by atoms with van der Waals surface area (Å²) in [6.07, 6.45) is 49.5. The molecule has 0 amide bonds. The van der Waals surface area contributed by atoms with Crippen LogP contribution < -0.4 is 0 Å². The van der Waals surface area contributed by atoms with E-state index >= 15 is 0 Å². The number of carbonyl (C=O) groups excluding carboxylic acids is 2. The molecule has 0 saturated heterocycles. The largest absolute Gasteiger partial charge is 0.477 e. The van der Waals surface area contributed by atoms with Crippen LogP contribution in [0.5, 0.6) is 0 Å². The van der Waals surface area contributed by atoms with Gasteiger partial charge in [-0.15, -0.1) is 0 Å². The number of hydrogen-bond donors (Lipinski definition) is 1. The van der Waals surface area contributed by atoms with Crippen molar-refractivity contribution in [1.29, 1.82) is 0 Å². The monoisotopic (exact) mass is 799 g/mol. The van der Waals surface area contributed by atoms with Crippen molar-refractivity contribution in [2.45, 2.75) is 180 Å². The summed E-state index contributed by atoms with van der Waals surface area (Å²) in [4.78, 5) is 36.9. The zero-order valence-corrected chi connectivity index (χ0v) is 37.0. The molecule has 0 rings (SSSR count). The zero-order chi connectivity index (χ0) is 42.1. The molecule has 0 radical (unpaired) electrons. The molecule has 2 unspecified atom stereocenters. The summed E-state index contributed by atoms with van der Waals surface area (Å²) in [5.74, 6) is -1.52. The lowest BCUT2D eigenvalue weighted by Crippen LogP contribution is -2.50. The van der Waals surface area contributed by atoms with Crippen LogP contribution in [0, 0.1) is 0 Å². The number of aliphatic carboxylic acids is 1. The van der Waals surface area contributed by atoms with Gasteiger partial charge in [-0.2, -0.15) is 0 Å². The molecular formula is C49H84NO7+. The second-order valence-corrected chi connectivity index (χ2v) is 15.9. The number of carboxylic acid groups (broad SMARTS) is 1. The molecule has 0 heterocycles. The number of carbonyl (C=O) groups is 3. The lowest BCUT2D eigenvalue weighted by Gasteiger charge is -2.31. The summed E-state index contributed by atoms with van der Waals surface area (Å²) >= 11 is 0. The van der Waals surface area contributed by atoms with Gasteiger partial charge in [0.15, 0.2) is 12.1 Å². The minimum Gasteiger partial charge on any atom is -0.477 e. The molecule has 2 atom stereocenters. The third kappa shape index (κ3) is 38.1. The van der Waals surface area contributed by atoms with Crippen LogP contribution in [0.3, 0.4) is 0 Å². The average Bonchev–Trinajstić information content (AvgIpc) is 3.17. The van der Waals surface area contributed by atoms with Crippen molar-refractivity contribution in [3.63, 3.8) is 0 Å². The van der Waals surface area contributed by atoms with Gasteiger partial charge in [0.2, 0.25) is 0 Å². The Morgan fingerprint density at radius 2 is 0.982 bits per heavy atom. The summed E-state index contributed by atoms with van der Waals surface area (Å²) in [5.41, 5.74) is 0. The van der Waals surface area contributed by atoms with Gasteiger partial charge in [0, 0.05) is 19.3 Å². The molecule has 8 nitrogen and oxygen atoms in total. The third-order valence-corrected chi connectivity index (χ3v) is 9.62. The van der Waals surface area contributed by atoms with Crippen LogP contribution in [0.2, 0.25) is 0 Å². The van der Waals surface area contributed by atoms with Crippen LogP contribution in [0.15, 0.2) is 72.9 Å². The van der Waals surface area contributed by atoms with E-state index in [4.69, 9.17) is 14.2 Å². The average molecular weight is 799 g/mol. The Kier molecular flexibility index (Phi) is 37.3. The molecule has 1 N–H and O–H groups in total. The Balaban J connectivity index is 4.36. The summed E-state index contributed by atoms with van der Waals surface area (Å²) in [7, 11) is 5.51. The van der Waals surface area contributed by atoms with Crippen LogP contribution in [0.1, 0.15) is 168 Å². The fraction of sp³-hybridized carbons (Fsp3) is 0.694. The molecule has 326 valence electrons. The number of ether oxygens (including phenoxy) is 3. The van der Waals surface area contributed by atoms with Crippen molar-refractivity contribution >= 4 is 17.9 Å². The number of quaternary nitrogens is 1. The second-order valence-electron chi connectivity index (χ2n) is 15.9. The molecule has 0 bridgehead atoms. The molecule has 57 heavy (non-hydrogen) atoms. The Morgan fingerprint density at radius 1 is 0.544 bits per heavy atom. The molecule has 0 saturated carbocycles. The SMILES string of the molecule is CC/C=C/C/C=C/C/C=C/C/C=C/C/C=C/C/C=C/CCCCCC(=O)OCC(COCCC(C(=O)O)[N+](C)(C)C)OC(=O)CCCCCCCCCCCCC. The first-order valence-corrected chi connectivity index (χ1v) is 22.5. The van der Waals surface area contributed by atoms with Gasteiger partial charge in [-0.1, -0.05) is 157 Å². The molecule has 0 aromatic heterocycles. The number of unbranched alkanes of at least 4 members (excludes halogenated alkanes) is 13. The van der Waals surface area contributed by atoms with Crippen molar-refractivity contribution in [3.05, 3.63) is 72.9 Å². The normalized spacial score (nSPS) is 13.6. The van der Waals surface area contributed by atoms with Gasteiger partial charge in [0.1, 0.15) is 6.61 Å². The zero-order valence-electron chi connectivity index (χ0n) is 37.0. The first-order valence-electron chi connectivity index (χ1n) is 22.5. The predicted octanol–water partition coefficient (Wildman–Crippen LogP) is 12.4. The van der Waals surface area contributed by atoms with E-state index in [0.717, 1.165) is 83.5 Å². The van der Waals surface area contributed by atoms with Crippen LogP contribution >= 0.6 is 0 Å². The van der Waals surface area contributed by atoms with Crippen molar-refractivity contribution in [3.8, 4) is 0 Å². The lowest BCUT2D eigenvalue weighted by atomic mass is 10.1. The minimum atomic E-state index is -0.882. The smallest absolute Gasteiger partial charge is 0.362 e. The van der Waals surface area contributed by atoms with Crippen LogP contribution in [-0.2, 0) is 28.6 Å². The van der Waals surface area contributed by atoms with Crippen LogP contribution in [-0.4, -0.2) is 80.6 Å². The number of allylic oxidation sites excluding steroid dienone is 12. The molecule has 0 aromatic rings. The summed E-state index contributed by atoms with van der Waals surface area (Å²) in [6, 6.07) is -0.621. The predicted molar refractivity (Wildman–Crippen MR) is 238 cm³/mol. The maximum absolute atomic E-state index is 12.7. The van der Waals surface area contributed by atoms with E-state index in [2.05, 4.69) is 86.8 Å². The quantitative estimate of drug-likeness (QED) is 0.0286. The van der Waals surface area contributed by atoms with E-state index < -0.39 is 18.1 Å². The Labute approximate surface area is 349 Å². The van der Waals surface area contributed by atoms with Crippen molar-refractivity contribution in [2.75, 3.05) is 41.0 Å². The van der Waals surface area contributed by atoms with Crippen LogP contribution in [0.4, 0.5) is 0 Å². The fourth-order valence-electron chi connectivity index (χ4n) is 6.15. The van der Waals surface area contributed by atoms with Gasteiger partial charge in [-0.05, 0) is 64.2 Å². The summed E-state index contributed by atoms with van der Waals surface area (Å²) < 4.78 is 17.2. The number of esters is 2. The van der Waals surface area contributed by atoms with E-state index in [9.17, 15) is 19.5 Å². The van der Waals surface area contributed by atoms with Gasteiger partial charge >= 0.3 is 17.9 Å². The molecule has 0 aliphatic carbocycles. The van der Waals surface area contributed by atoms with E-state index in [-0.39, 0.29) is 36.2 Å². The topological polar surface area (TPSA) is 99.1 Å². The highest BCUT2D eigenvalue weighted by Gasteiger charge is 2.31. The highest BCUT2D eigenvalue weighted by molar-refractivity contribution is 5.72. The van der Waals surface area contributed by atoms with Gasteiger partial charge in [-0.25, -0.2) is 4.79 Å². The van der Waals surface area contributed by atoms with Gasteiger partial charge in [0.25, 0.3) is 0 Å². The number of hydrogen-bond acceptors (Lipinski definition) is 6. The summed E-state index contributed by atoms with van der Waals surface area (Å²) in [6.45, 7) is 4.57. The van der Waals surface area contributed by atoms with Gasteiger partial charge < -0.3 is 23.8 Å².